The average molecular weight is 710 g/mol. The van der Waals surface area contributed by atoms with E-state index in [9.17, 15) is 36.1 Å². The number of aromatic hydroxyl groups is 1. The Balaban J connectivity index is 1.76. The van der Waals surface area contributed by atoms with Crippen LogP contribution in [-0.2, 0) is 29.5 Å². The molecule has 258 valence electrons. The Bertz CT molecular complexity index is 2230. The van der Waals surface area contributed by atoms with Crippen LogP contribution in [0.1, 0.15) is 37.0 Å². The standard InChI is InChI=1S/C33H35N5O9S2/c1-7-12-48(42,43)24-10-8-23(9-11-24)35-38-31(21(5)39)33(41)34-27-17-25(49(44,45)46)16-22-13-20(4)30(32(40)29(22)27)37-36-26-14-18(2)19(3)15-28(26)47-6/h8-11,13-17,31,40H,7,12H2,1-6H3,(H,34,41)(H,44,45,46). The van der Waals surface area contributed by atoms with Gasteiger partial charge in [-0.2, -0.15) is 18.6 Å². The lowest BCUT2D eigenvalue weighted by Crippen LogP contribution is -2.32. The van der Waals surface area contributed by atoms with E-state index in [0.717, 1.165) is 30.2 Å². The van der Waals surface area contributed by atoms with Crippen molar-refractivity contribution in [3.05, 3.63) is 71.3 Å². The zero-order valence-electron chi connectivity index (χ0n) is 27.5. The number of fused-ring (bicyclic) bond motifs is 1. The minimum Gasteiger partial charge on any atom is -0.505 e. The van der Waals surface area contributed by atoms with E-state index in [4.69, 9.17) is 4.74 Å². The number of methoxy groups -OCH3 is 1. The van der Waals surface area contributed by atoms with Crippen molar-refractivity contribution in [3.63, 3.8) is 0 Å². The van der Waals surface area contributed by atoms with Crippen molar-refractivity contribution in [2.75, 3.05) is 18.2 Å². The molecule has 0 bridgehead atoms. The van der Waals surface area contributed by atoms with Gasteiger partial charge in [-0.25, -0.2) is 8.42 Å². The fourth-order valence-corrected chi connectivity index (χ4v) is 6.73. The first-order valence-corrected chi connectivity index (χ1v) is 18.0. The molecule has 0 aliphatic rings. The summed E-state index contributed by atoms with van der Waals surface area (Å²) in [6.07, 6.45) is 0.437. The van der Waals surface area contributed by atoms with Gasteiger partial charge in [0.1, 0.15) is 17.1 Å². The van der Waals surface area contributed by atoms with E-state index in [-0.39, 0.29) is 38.5 Å². The van der Waals surface area contributed by atoms with E-state index < -0.39 is 48.3 Å². The minimum atomic E-state index is -4.79. The lowest BCUT2D eigenvalue weighted by molar-refractivity contribution is -0.126. The summed E-state index contributed by atoms with van der Waals surface area (Å²) < 4.78 is 64.2. The predicted molar refractivity (Wildman–Crippen MR) is 183 cm³/mol. The number of Topliss-reactive ketones (excluding diaryl/α,β-unsaturated/α-hetero) is 1. The highest BCUT2D eigenvalue weighted by Crippen LogP contribution is 2.44. The van der Waals surface area contributed by atoms with E-state index in [0.29, 0.717) is 23.4 Å². The number of phenols is 1. The van der Waals surface area contributed by atoms with Crippen molar-refractivity contribution >= 4 is 65.2 Å². The number of rotatable bonds is 12. The predicted octanol–water partition coefficient (Wildman–Crippen LogP) is 7.01. The molecule has 1 amide bonds. The Morgan fingerprint density at radius 3 is 2.12 bits per heavy atom. The number of amides is 1. The molecule has 16 heteroatoms. The summed E-state index contributed by atoms with van der Waals surface area (Å²) in [5.74, 6) is -1.82. The van der Waals surface area contributed by atoms with E-state index in [1.54, 1.807) is 26.0 Å². The molecule has 0 aliphatic carbocycles. The summed E-state index contributed by atoms with van der Waals surface area (Å²) in [5.41, 5.74) is 2.53. The maximum Gasteiger partial charge on any atom is 0.294 e. The second-order valence-electron chi connectivity index (χ2n) is 11.3. The highest BCUT2D eigenvalue weighted by atomic mass is 32.2. The highest BCUT2D eigenvalue weighted by Gasteiger charge is 2.26. The van der Waals surface area contributed by atoms with Crippen molar-refractivity contribution in [2.45, 2.75) is 56.9 Å². The SMILES string of the molecule is CCCS(=O)(=O)c1ccc(N=NC(C(C)=O)C(=O)Nc2cc(S(=O)(=O)O)cc3cc(C)c(N=Nc4cc(C)c(C)cc4OC)c(O)c23)cc1. The van der Waals surface area contributed by atoms with Gasteiger partial charge in [0, 0.05) is 5.39 Å². The summed E-state index contributed by atoms with van der Waals surface area (Å²) in [6.45, 7) is 8.23. The molecule has 0 spiro atoms. The number of sulfone groups is 1. The quantitative estimate of drug-likeness (QED) is 0.0783. The molecule has 4 aromatic rings. The first-order chi connectivity index (χ1) is 23.0. The Hall–Kier alpha value is -5.06. The average Bonchev–Trinajstić information content (AvgIpc) is 3.01. The molecule has 0 saturated carbocycles. The second-order valence-corrected chi connectivity index (χ2v) is 14.8. The molecule has 3 N–H and O–H groups in total. The number of phenolic OH excluding ortho intramolecular Hbond substituents is 1. The second kappa shape index (κ2) is 14.6. The smallest absolute Gasteiger partial charge is 0.294 e. The van der Waals surface area contributed by atoms with Crippen molar-refractivity contribution in [1.29, 1.82) is 0 Å². The summed E-state index contributed by atoms with van der Waals surface area (Å²) in [7, 11) is -6.79. The van der Waals surface area contributed by atoms with Crippen LogP contribution >= 0.6 is 0 Å². The number of hydrogen-bond acceptors (Lipinski definition) is 12. The molecule has 1 atom stereocenters. The van der Waals surface area contributed by atoms with Crippen LogP contribution in [-0.4, -0.2) is 57.1 Å². The van der Waals surface area contributed by atoms with E-state index in [1.807, 2.05) is 13.8 Å². The van der Waals surface area contributed by atoms with Gasteiger partial charge < -0.3 is 15.2 Å². The molecule has 0 aliphatic heterocycles. The van der Waals surface area contributed by atoms with Crippen LogP contribution in [0.25, 0.3) is 10.8 Å². The molecule has 14 nitrogen and oxygen atoms in total. The first-order valence-electron chi connectivity index (χ1n) is 14.9. The van der Waals surface area contributed by atoms with Crippen molar-refractivity contribution in [1.82, 2.24) is 0 Å². The maximum atomic E-state index is 13.4. The molecule has 4 aromatic carbocycles. The molecule has 1 unspecified atom stereocenters. The number of nitrogens with zero attached hydrogens (tertiary/aromatic N) is 4. The van der Waals surface area contributed by atoms with Crippen LogP contribution in [0.5, 0.6) is 11.5 Å². The number of anilines is 1. The molecular weight excluding hydrogens is 675 g/mol. The fraction of sp³-hybridized carbons (Fsp3) is 0.273. The lowest BCUT2D eigenvalue weighted by Gasteiger charge is -2.16. The van der Waals surface area contributed by atoms with E-state index in [1.165, 1.54) is 37.4 Å². The number of benzene rings is 4. The minimum absolute atomic E-state index is 0.00455. The number of nitrogens with one attached hydrogen (secondary N) is 1. The van der Waals surface area contributed by atoms with E-state index in [2.05, 4.69) is 25.8 Å². The van der Waals surface area contributed by atoms with Gasteiger partial charge in [0.25, 0.3) is 16.0 Å². The van der Waals surface area contributed by atoms with Gasteiger partial charge in [-0.05, 0) is 111 Å². The summed E-state index contributed by atoms with van der Waals surface area (Å²) in [5, 5.41) is 30.2. The number of carbonyl (C=O) groups excluding carboxylic acids is 2. The monoisotopic (exact) mass is 709 g/mol. The van der Waals surface area contributed by atoms with Gasteiger partial charge in [-0.15, -0.1) is 10.2 Å². The highest BCUT2D eigenvalue weighted by molar-refractivity contribution is 7.91. The van der Waals surface area contributed by atoms with Gasteiger partial charge in [0.15, 0.2) is 21.4 Å². The third kappa shape index (κ3) is 8.33. The maximum absolute atomic E-state index is 13.4. The number of hydrogen-bond donors (Lipinski definition) is 3. The molecular formula is C33H35N5O9S2. The van der Waals surface area contributed by atoms with Crippen molar-refractivity contribution < 1.29 is 40.8 Å². The van der Waals surface area contributed by atoms with Gasteiger partial charge in [0.2, 0.25) is 6.04 Å². The zero-order valence-corrected chi connectivity index (χ0v) is 29.2. The molecule has 0 heterocycles. The fourth-order valence-electron chi connectivity index (χ4n) is 4.87. The Morgan fingerprint density at radius 2 is 1.53 bits per heavy atom. The molecule has 4 rings (SSSR count). The lowest BCUT2D eigenvalue weighted by atomic mass is 10.0. The Labute approximate surface area is 283 Å². The molecule has 0 saturated heterocycles. The zero-order chi connectivity index (χ0) is 36.3. The molecule has 49 heavy (non-hydrogen) atoms. The number of aryl methyl sites for hydroxylation is 3. The van der Waals surface area contributed by atoms with Crippen molar-refractivity contribution in [2.24, 2.45) is 20.5 Å². The number of ether oxygens (including phenoxy) is 1. The first kappa shape index (κ1) is 36.8. The van der Waals surface area contributed by atoms with Crippen LogP contribution < -0.4 is 10.1 Å². The van der Waals surface area contributed by atoms with Crippen LogP contribution in [0.4, 0.5) is 22.7 Å². The van der Waals surface area contributed by atoms with Crippen LogP contribution in [0.15, 0.2) is 84.8 Å². The normalized spacial score (nSPS) is 12.9. The number of azo groups is 2. The Kier molecular flexibility index (Phi) is 11.0. The van der Waals surface area contributed by atoms with Crippen LogP contribution in [0.2, 0.25) is 0 Å². The third-order valence-corrected chi connectivity index (χ3v) is 10.3. The molecule has 0 radical (unpaired) electrons. The molecule has 0 fully saturated rings. The van der Waals surface area contributed by atoms with Gasteiger partial charge in [0.05, 0.1) is 34.0 Å². The topological polar surface area (TPSA) is 214 Å². The number of carbonyl (C=O) groups is 2. The summed E-state index contributed by atoms with van der Waals surface area (Å²) in [6, 6.07) is 10.7. The van der Waals surface area contributed by atoms with Crippen molar-refractivity contribution in [3.8, 4) is 11.5 Å². The van der Waals surface area contributed by atoms with Gasteiger partial charge in [-0.1, -0.05) is 6.92 Å². The third-order valence-electron chi connectivity index (χ3n) is 7.55. The largest absolute Gasteiger partial charge is 0.505 e. The Morgan fingerprint density at radius 1 is 0.878 bits per heavy atom. The van der Waals surface area contributed by atoms with Crippen LogP contribution in [0.3, 0.4) is 0 Å². The van der Waals surface area contributed by atoms with Gasteiger partial charge >= 0.3 is 0 Å². The van der Waals surface area contributed by atoms with Crippen LogP contribution in [0, 0.1) is 20.8 Å². The summed E-state index contributed by atoms with van der Waals surface area (Å²) >= 11 is 0. The van der Waals surface area contributed by atoms with Gasteiger partial charge in [-0.3, -0.25) is 14.1 Å². The van der Waals surface area contributed by atoms with E-state index >= 15 is 0 Å². The molecule has 0 aromatic heterocycles. The summed E-state index contributed by atoms with van der Waals surface area (Å²) in [4.78, 5) is 25.4. The number of ketones is 1.